The summed E-state index contributed by atoms with van der Waals surface area (Å²) < 4.78 is 53.8. The summed E-state index contributed by atoms with van der Waals surface area (Å²) in [7, 11) is -2.25. The molecule has 1 aliphatic heterocycles. The van der Waals surface area contributed by atoms with Gasteiger partial charge in [0.25, 0.3) is 11.8 Å². The number of pyridine rings is 1. The second-order valence-corrected chi connectivity index (χ2v) is 9.90. The highest BCUT2D eigenvalue weighted by molar-refractivity contribution is 7.53. The van der Waals surface area contributed by atoms with Crippen molar-refractivity contribution in [3.8, 4) is 11.5 Å². The first kappa shape index (κ1) is 26.7. The van der Waals surface area contributed by atoms with Gasteiger partial charge in [0, 0.05) is 18.7 Å². The summed E-state index contributed by atoms with van der Waals surface area (Å²) >= 11 is 0. The van der Waals surface area contributed by atoms with Crippen LogP contribution in [0.2, 0.25) is 0 Å². The summed E-state index contributed by atoms with van der Waals surface area (Å²) in [6.07, 6.45) is 1.00. The van der Waals surface area contributed by atoms with Crippen molar-refractivity contribution in [2.45, 2.75) is 20.4 Å². The minimum Gasteiger partial charge on any atom is -0.479 e. The van der Waals surface area contributed by atoms with Crippen molar-refractivity contribution in [3.05, 3.63) is 65.1 Å². The van der Waals surface area contributed by atoms with E-state index in [4.69, 9.17) is 23.3 Å². The van der Waals surface area contributed by atoms with E-state index in [1.807, 2.05) is 0 Å². The monoisotopic (exact) mass is 532 g/mol. The van der Waals surface area contributed by atoms with E-state index < -0.39 is 31.6 Å². The van der Waals surface area contributed by atoms with Gasteiger partial charge in [-0.15, -0.1) is 0 Å². The zero-order valence-electron chi connectivity index (χ0n) is 20.6. The number of aromatic nitrogens is 1. The molecule has 0 bridgehead atoms. The average molecular weight is 532 g/mol. The Morgan fingerprint density at radius 1 is 0.946 bits per heavy atom. The van der Waals surface area contributed by atoms with Gasteiger partial charge in [0.1, 0.15) is 22.6 Å². The van der Waals surface area contributed by atoms with Crippen LogP contribution >= 0.6 is 7.60 Å². The Labute approximate surface area is 212 Å². The van der Waals surface area contributed by atoms with Gasteiger partial charge in [-0.2, -0.15) is 0 Å². The minimum absolute atomic E-state index is 0.00227. The van der Waals surface area contributed by atoms with Crippen LogP contribution in [0.1, 0.15) is 40.1 Å². The molecule has 0 spiro atoms. The van der Waals surface area contributed by atoms with Crippen molar-refractivity contribution in [1.82, 2.24) is 9.88 Å². The van der Waals surface area contributed by atoms with E-state index in [1.165, 1.54) is 37.6 Å². The third-order valence-corrected chi connectivity index (χ3v) is 7.23. The fourth-order valence-electron chi connectivity index (χ4n) is 3.99. The van der Waals surface area contributed by atoms with E-state index in [0.29, 0.717) is 10.9 Å². The largest absolute Gasteiger partial charge is 0.479 e. The molecule has 2 aromatic carbocycles. The van der Waals surface area contributed by atoms with Crippen LogP contribution in [0, 0.1) is 5.82 Å². The molecule has 0 N–H and O–H groups in total. The molecule has 0 saturated carbocycles. The summed E-state index contributed by atoms with van der Waals surface area (Å²) in [5.41, 5.74) is 0.657. The van der Waals surface area contributed by atoms with Crippen LogP contribution in [0.15, 0.2) is 42.6 Å². The Hall–Kier alpha value is -3.37. The first-order valence-electron chi connectivity index (χ1n) is 11.5. The van der Waals surface area contributed by atoms with Gasteiger partial charge in [-0.3, -0.25) is 24.0 Å². The maximum Gasteiger partial charge on any atom is 0.367 e. The number of carbonyl (C=O) groups excluding carboxylic acids is 2. The zero-order chi connectivity index (χ0) is 26.6. The Kier molecular flexibility index (Phi) is 8.19. The van der Waals surface area contributed by atoms with Crippen LogP contribution in [0.25, 0.3) is 10.9 Å². The Balaban J connectivity index is 1.85. The van der Waals surface area contributed by atoms with Gasteiger partial charge < -0.3 is 23.3 Å². The van der Waals surface area contributed by atoms with Gasteiger partial charge in [0.05, 0.1) is 25.3 Å². The molecular weight excluding hydrogens is 506 g/mol. The fraction of sp³-hybridized carbons (Fsp3) is 0.320. The highest BCUT2D eigenvalue weighted by atomic mass is 31.2. The van der Waals surface area contributed by atoms with E-state index in [2.05, 4.69) is 4.98 Å². The van der Waals surface area contributed by atoms with Gasteiger partial charge in [-0.05, 0) is 43.7 Å². The molecule has 0 radical (unpaired) electrons. The fourth-order valence-corrected chi connectivity index (χ4v) is 5.29. The van der Waals surface area contributed by atoms with Crippen molar-refractivity contribution in [1.29, 1.82) is 0 Å². The number of rotatable bonds is 12. The second-order valence-electron chi connectivity index (χ2n) is 7.90. The molecule has 0 unspecified atom stereocenters. The first-order chi connectivity index (χ1) is 17.8. The number of fused-ring (bicyclic) bond motifs is 2. The lowest BCUT2D eigenvalue weighted by molar-refractivity contribution is 0.0505. The van der Waals surface area contributed by atoms with Gasteiger partial charge in [0.2, 0.25) is 0 Å². The Bertz CT molecular complexity index is 1360. The van der Waals surface area contributed by atoms with Gasteiger partial charge >= 0.3 is 7.60 Å². The molecule has 0 aliphatic carbocycles. The van der Waals surface area contributed by atoms with Crippen molar-refractivity contribution in [3.63, 3.8) is 0 Å². The maximum absolute atomic E-state index is 13.7. The summed E-state index contributed by atoms with van der Waals surface area (Å²) in [6.45, 7) is 3.25. The Morgan fingerprint density at radius 2 is 1.59 bits per heavy atom. The molecule has 12 heteroatoms. The molecule has 2 heterocycles. The molecule has 10 nitrogen and oxygen atoms in total. The molecule has 0 atom stereocenters. The van der Waals surface area contributed by atoms with Crippen LogP contribution in [0.3, 0.4) is 0 Å². The number of benzene rings is 2. The smallest absolute Gasteiger partial charge is 0.367 e. The first-order valence-corrected chi connectivity index (χ1v) is 13.2. The number of amides is 2. The summed E-state index contributed by atoms with van der Waals surface area (Å²) in [4.78, 5) is 32.6. The van der Waals surface area contributed by atoms with Crippen LogP contribution in [0.5, 0.6) is 11.5 Å². The van der Waals surface area contributed by atoms with Crippen LogP contribution in [0.4, 0.5) is 4.39 Å². The predicted molar refractivity (Wildman–Crippen MR) is 131 cm³/mol. The van der Waals surface area contributed by atoms with Crippen molar-refractivity contribution >= 4 is 30.3 Å². The van der Waals surface area contributed by atoms with Crippen molar-refractivity contribution in [2.24, 2.45) is 0 Å². The SMILES string of the molecule is CCOP(=O)(COc1c2c(c(OCOC)c3ncccc13)C(=O)N(Cc1ccc(F)cc1)C2=O)OCC. The minimum atomic E-state index is -3.67. The molecule has 1 aromatic heterocycles. The van der Waals surface area contributed by atoms with E-state index in [9.17, 15) is 18.5 Å². The number of hydrogen-bond acceptors (Lipinski definition) is 9. The third-order valence-electron chi connectivity index (χ3n) is 5.48. The quantitative estimate of drug-likeness (QED) is 0.185. The maximum atomic E-state index is 13.7. The Morgan fingerprint density at radius 3 is 2.22 bits per heavy atom. The number of hydrogen-bond donors (Lipinski definition) is 0. The van der Waals surface area contributed by atoms with Gasteiger partial charge in [-0.1, -0.05) is 12.1 Å². The van der Waals surface area contributed by atoms with Crippen LogP contribution < -0.4 is 9.47 Å². The van der Waals surface area contributed by atoms with E-state index in [0.717, 1.165) is 4.90 Å². The molecule has 3 aromatic rings. The number of imide groups is 1. The standard InChI is InChI=1S/C25H26FN2O8P/c1-4-35-37(31,36-5-2)15-34-22-18-7-6-12-27-21(18)23(33-14-32-3)20-19(22)24(29)28(25(20)30)13-16-8-10-17(26)11-9-16/h6-12H,4-5,13-15H2,1-3H3. The van der Waals surface area contributed by atoms with Gasteiger partial charge in [-0.25, -0.2) is 4.39 Å². The molecule has 196 valence electrons. The lowest BCUT2D eigenvalue weighted by Crippen LogP contribution is -2.29. The molecular formula is C25H26FN2O8P. The number of carbonyl (C=O) groups is 2. The van der Waals surface area contributed by atoms with Gasteiger partial charge in [0.15, 0.2) is 18.9 Å². The predicted octanol–water partition coefficient (Wildman–Crippen LogP) is 4.76. The summed E-state index contributed by atoms with van der Waals surface area (Å²) in [5, 5.41) is 0.358. The number of methoxy groups -OCH3 is 1. The number of ether oxygens (including phenoxy) is 3. The van der Waals surface area contributed by atoms with E-state index >= 15 is 0 Å². The number of nitrogens with zero attached hydrogens (tertiary/aromatic N) is 2. The highest BCUT2D eigenvalue weighted by Gasteiger charge is 2.43. The lowest BCUT2D eigenvalue weighted by atomic mass is 10.0. The van der Waals surface area contributed by atoms with E-state index in [1.54, 1.807) is 26.0 Å². The van der Waals surface area contributed by atoms with Crippen LogP contribution in [-0.2, 0) is 24.9 Å². The summed E-state index contributed by atoms with van der Waals surface area (Å²) in [6, 6.07) is 8.72. The lowest BCUT2D eigenvalue weighted by Gasteiger charge is -2.20. The molecule has 37 heavy (non-hydrogen) atoms. The van der Waals surface area contributed by atoms with Crippen LogP contribution in [-0.4, -0.2) is 55.2 Å². The second kappa shape index (κ2) is 11.4. The van der Waals surface area contributed by atoms with E-state index in [-0.39, 0.29) is 54.7 Å². The molecule has 0 fully saturated rings. The molecule has 1 aliphatic rings. The summed E-state index contributed by atoms with van der Waals surface area (Å²) in [5.74, 6) is -1.69. The average Bonchev–Trinajstić information content (AvgIpc) is 3.12. The van der Waals surface area contributed by atoms with Crippen molar-refractivity contribution < 1.29 is 41.8 Å². The third kappa shape index (κ3) is 5.35. The highest BCUT2D eigenvalue weighted by Crippen LogP contribution is 2.50. The zero-order valence-corrected chi connectivity index (χ0v) is 21.5. The molecule has 0 saturated heterocycles. The normalized spacial score (nSPS) is 13.4. The molecule has 4 rings (SSSR count). The molecule has 2 amide bonds. The topological polar surface area (TPSA) is 113 Å². The number of halogens is 1. The van der Waals surface area contributed by atoms with Crippen molar-refractivity contribution in [2.75, 3.05) is 33.5 Å².